The van der Waals surface area contributed by atoms with Crippen molar-refractivity contribution >= 4 is 11.8 Å². The van der Waals surface area contributed by atoms with Gasteiger partial charge in [-0.1, -0.05) is 47.0 Å². The molecular weight excluding hydrogens is 274 g/mol. The molecule has 0 aliphatic rings. The van der Waals surface area contributed by atoms with E-state index in [0.717, 1.165) is 5.75 Å². The average Bonchev–Trinajstić information content (AvgIpc) is 2.40. The molecule has 1 N–H and O–H groups in total. The van der Waals surface area contributed by atoms with Gasteiger partial charge >= 0.3 is 0 Å². The summed E-state index contributed by atoms with van der Waals surface area (Å²) in [6, 6.07) is 13.9. The lowest BCUT2D eigenvalue weighted by Crippen LogP contribution is -2.19. The first-order valence-electron chi connectivity index (χ1n) is 7.45. The highest BCUT2D eigenvalue weighted by Gasteiger charge is 2.11. The van der Waals surface area contributed by atoms with Crippen LogP contribution in [0.15, 0.2) is 41.3 Å². The van der Waals surface area contributed by atoms with Crippen molar-refractivity contribution in [2.75, 3.05) is 12.8 Å². The Hall–Kier alpha value is -1.25. The van der Waals surface area contributed by atoms with E-state index in [2.05, 4.69) is 69.4 Å². The second-order valence-electron chi connectivity index (χ2n) is 5.84. The molecule has 0 amide bonds. The normalized spacial score (nSPS) is 12.4. The topological polar surface area (TPSA) is 12.0 Å². The Morgan fingerprint density at radius 2 is 1.57 bits per heavy atom. The molecule has 2 aromatic rings. The maximum atomic E-state index is 3.45. The van der Waals surface area contributed by atoms with Gasteiger partial charge in [0, 0.05) is 16.7 Å². The monoisotopic (exact) mass is 299 g/mol. The van der Waals surface area contributed by atoms with Crippen LogP contribution >= 0.6 is 11.8 Å². The molecule has 0 spiro atoms. The number of hydrogen-bond acceptors (Lipinski definition) is 2. The summed E-state index contributed by atoms with van der Waals surface area (Å²) in [6.45, 7) is 8.68. The molecule has 0 aliphatic carbocycles. The van der Waals surface area contributed by atoms with Crippen LogP contribution in [0, 0.1) is 27.7 Å². The minimum atomic E-state index is 0.384. The van der Waals surface area contributed by atoms with Gasteiger partial charge < -0.3 is 5.32 Å². The molecule has 0 fully saturated rings. The van der Waals surface area contributed by atoms with Gasteiger partial charge in [-0.2, -0.15) is 0 Å². The molecule has 2 aromatic carbocycles. The SMILES string of the molecule is CNC(CSc1ccc(C)cc1C)c1cc(C)cc(C)c1. The smallest absolute Gasteiger partial charge is 0.0413 e. The summed E-state index contributed by atoms with van der Waals surface area (Å²) < 4.78 is 0. The Kier molecular flexibility index (Phi) is 5.49. The van der Waals surface area contributed by atoms with Crippen LogP contribution in [0.1, 0.15) is 33.9 Å². The second-order valence-corrected chi connectivity index (χ2v) is 6.90. The highest BCUT2D eigenvalue weighted by atomic mass is 32.2. The summed E-state index contributed by atoms with van der Waals surface area (Å²) in [5.74, 6) is 1.04. The molecule has 2 rings (SSSR count). The largest absolute Gasteiger partial charge is 0.312 e. The van der Waals surface area contributed by atoms with Crippen molar-refractivity contribution in [1.29, 1.82) is 0 Å². The zero-order valence-electron chi connectivity index (χ0n) is 13.7. The molecule has 1 unspecified atom stereocenters. The maximum absolute atomic E-state index is 3.45. The second kappa shape index (κ2) is 7.15. The van der Waals surface area contributed by atoms with Crippen molar-refractivity contribution in [1.82, 2.24) is 5.32 Å². The molecule has 0 saturated heterocycles. The van der Waals surface area contributed by atoms with E-state index in [9.17, 15) is 0 Å². The number of aryl methyl sites for hydroxylation is 4. The van der Waals surface area contributed by atoms with Crippen LogP contribution in [0.25, 0.3) is 0 Å². The van der Waals surface area contributed by atoms with Crippen molar-refractivity contribution in [2.45, 2.75) is 38.6 Å². The molecule has 0 bridgehead atoms. The summed E-state index contributed by atoms with van der Waals surface area (Å²) in [5.41, 5.74) is 6.75. The van der Waals surface area contributed by atoms with E-state index in [0.29, 0.717) is 6.04 Å². The Morgan fingerprint density at radius 3 is 2.14 bits per heavy atom. The number of thioether (sulfide) groups is 1. The Bertz CT molecular complexity index is 599. The van der Waals surface area contributed by atoms with Gasteiger partial charge in [-0.3, -0.25) is 0 Å². The molecule has 0 heterocycles. The third-order valence-electron chi connectivity index (χ3n) is 3.73. The molecule has 0 saturated carbocycles. The van der Waals surface area contributed by atoms with Crippen molar-refractivity contribution in [3.8, 4) is 0 Å². The number of rotatable bonds is 5. The van der Waals surface area contributed by atoms with Gasteiger partial charge in [0.15, 0.2) is 0 Å². The third kappa shape index (κ3) is 4.36. The quantitative estimate of drug-likeness (QED) is 0.782. The number of hydrogen-bond donors (Lipinski definition) is 1. The van der Waals surface area contributed by atoms with E-state index >= 15 is 0 Å². The summed E-state index contributed by atoms with van der Waals surface area (Å²) in [4.78, 5) is 1.38. The lowest BCUT2D eigenvalue weighted by Gasteiger charge is -2.18. The highest BCUT2D eigenvalue weighted by Crippen LogP contribution is 2.28. The summed E-state index contributed by atoms with van der Waals surface area (Å²) >= 11 is 1.93. The van der Waals surface area contributed by atoms with Gasteiger partial charge in [0.2, 0.25) is 0 Å². The molecule has 21 heavy (non-hydrogen) atoms. The molecule has 112 valence electrons. The Labute approximate surface area is 133 Å². The first-order chi connectivity index (χ1) is 9.99. The number of nitrogens with one attached hydrogen (secondary N) is 1. The van der Waals surface area contributed by atoms with Crippen molar-refractivity contribution in [3.05, 3.63) is 64.2 Å². The first kappa shape index (κ1) is 16.1. The summed E-state index contributed by atoms with van der Waals surface area (Å²) in [7, 11) is 2.05. The molecule has 0 aromatic heterocycles. The fourth-order valence-electron chi connectivity index (χ4n) is 2.69. The highest BCUT2D eigenvalue weighted by molar-refractivity contribution is 7.99. The van der Waals surface area contributed by atoms with Gasteiger partial charge in [-0.15, -0.1) is 11.8 Å². The minimum Gasteiger partial charge on any atom is -0.312 e. The van der Waals surface area contributed by atoms with Crippen LogP contribution in [0.5, 0.6) is 0 Å². The predicted octanol–water partition coefficient (Wildman–Crippen LogP) is 4.97. The lowest BCUT2D eigenvalue weighted by atomic mass is 10.0. The van der Waals surface area contributed by atoms with E-state index in [4.69, 9.17) is 0 Å². The Balaban J connectivity index is 2.12. The van der Waals surface area contributed by atoms with Crippen LogP contribution in [0.2, 0.25) is 0 Å². The van der Waals surface area contributed by atoms with Crippen LogP contribution in [0.4, 0.5) is 0 Å². The van der Waals surface area contributed by atoms with Gasteiger partial charge in [-0.05, 0) is 51.9 Å². The van der Waals surface area contributed by atoms with E-state index in [1.54, 1.807) is 0 Å². The molecule has 0 radical (unpaired) electrons. The van der Waals surface area contributed by atoms with Gasteiger partial charge in [0.25, 0.3) is 0 Å². The molecule has 0 aliphatic heterocycles. The maximum Gasteiger partial charge on any atom is 0.0413 e. The summed E-state index contributed by atoms with van der Waals surface area (Å²) in [6.07, 6.45) is 0. The molecule has 1 nitrogen and oxygen atoms in total. The lowest BCUT2D eigenvalue weighted by molar-refractivity contribution is 0.660. The van der Waals surface area contributed by atoms with Crippen molar-refractivity contribution < 1.29 is 0 Å². The third-order valence-corrected chi connectivity index (χ3v) is 5.00. The van der Waals surface area contributed by atoms with Crippen molar-refractivity contribution in [3.63, 3.8) is 0 Å². The number of benzene rings is 2. The average molecular weight is 299 g/mol. The predicted molar refractivity (Wildman–Crippen MR) is 94.4 cm³/mol. The van der Waals surface area contributed by atoms with E-state index in [1.165, 1.54) is 32.7 Å². The van der Waals surface area contributed by atoms with Crippen LogP contribution in [0.3, 0.4) is 0 Å². The fraction of sp³-hybridized carbons (Fsp3) is 0.368. The molecule has 2 heteroatoms. The van der Waals surface area contributed by atoms with E-state index in [-0.39, 0.29) is 0 Å². The van der Waals surface area contributed by atoms with E-state index < -0.39 is 0 Å². The zero-order valence-corrected chi connectivity index (χ0v) is 14.5. The Morgan fingerprint density at radius 1 is 0.905 bits per heavy atom. The molecular formula is C19H25NS. The van der Waals surface area contributed by atoms with Gasteiger partial charge in [0.05, 0.1) is 0 Å². The van der Waals surface area contributed by atoms with Crippen LogP contribution < -0.4 is 5.32 Å². The van der Waals surface area contributed by atoms with Gasteiger partial charge in [0.1, 0.15) is 0 Å². The van der Waals surface area contributed by atoms with Crippen molar-refractivity contribution in [2.24, 2.45) is 0 Å². The first-order valence-corrected chi connectivity index (χ1v) is 8.43. The van der Waals surface area contributed by atoms with Gasteiger partial charge in [-0.25, -0.2) is 0 Å². The molecule has 1 atom stereocenters. The minimum absolute atomic E-state index is 0.384. The van der Waals surface area contributed by atoms with E-state index in [1.807, 2.05) is 18.8 Å². The summed E-state index contributed by atoms with van der Waals surface area (Å²) in [5, 5.41) is 3.45. The standard InChI is InChI=1S/C19H25NS/c1-13-6-7-19(16(4)9-13)21-12-18(20-5)17-10-14(2)8-15(3)11-17/h6-11,18,20H,12H2,1-5H3. The fourth-order valence-corrected chi connectivity index (χ4v) is 3.85. The zero-order chi connectivity index (χ0) is 15.4. The van der Waals surface area contributed by atoms with Crippen LogP contribution in [-0.2, 0) is 0 Å². The van der Waals surface area contributed by atoms with Crippen LogP contribution in [-0.4, -0.2) is 12.8 Å².